The quantitative estimate of drug-likeness (QED) is 0.767. The van der Waals surface area contributed by atoms with E-state index in [1.54, 1.807) is 0 Å². The van der Waals surface area contributed by atoms with E-state index in [0.29, 0.717) is 0 Å². The van der Waals surface area contributed by atoms with Gasteiger partial charge in [-0.3, -0.25) is 0 Å². The van der Waals surface area contributed by atoms with Gasteiger partial charge in [-0.25, -0.2) is 0 Å². The molecule has 2 saturated heterocycles. The van der Waals surface area contributed by atoms with Crippen LogP contribution in [-0.4, -0.2) is 48.6 Å². The molecule has 0 spiro atoms. The average molecular weight is 266 g/mol. The maximum atomic E-state index is 2.73. The van der Waals surface area contributed by atoms with E-state index in [-0.39, 0.29) is 0 Å². The Hall–Kier alpha value is -0.0800. The summed E-state index contributed by atoms with van der Waals surface area (Å²) in [6.45, 7) is 11.2. The van der Waals surface area contributed by atoms with E-state index in [0.717, 1.165) is 23.9 Å². The van der Waals surface area contributed by atoms with E-state index in [4.69, 9.17) is 0 Å². The first-order valence-corrected chi connectivity index (χ1v) is 8.52. The summed E-state index contributed by atoms with van der Waals surface area (Å²) in [6.07, 6.45) is 8.56. The van der Waals surface area contributed by atoms with Crippen LogP contribution in [0.25, 0.3) is 0 Å². The fourth-order valence-corrected chi connectivity index (χ4v) is 4.18. The molecule has 2 heteroatoms. The highest BCUT2D eigenvalue weighted by Gasteiger charge is 2.28. The first kappa shape index (κ1) is 15.3. The summed E-state index contributed by atoms with van der Waals surface area (Å²) in [4.78, 5) is 5.36. The fraction of sp³-hybridized carbons (Fsp3) is 1.00. The van der Waals surface area contributed by atoms with Crippen LogP contribution in [0.2, 0.25) is 0 Å². The lowest BCUT2D eigenvalue weighted by Crippen LogP contribution is -2.45. The second kappa shape index (κ2) is 7.08. The summed E-state index contributed by atoms with van der Waals surface area (Å²) in [6, 6.07) is 1.66. The number of hydrogen-bond donors (Lipinski definition) is 0. The summed E-state index contributed by atoms with van der Waals surface area (Å²) in [5, 5.41) is 0. The van der Waals surface area contributed by atoms with Gasteiger partial charge in [0.25, 0.3) is 0 Å². The van der Waals surface area contributed by atoms with Crippen molar-refractivity contribution in [3.8, 4) is 0 Å². The molecule has 2 nitrogen and oxygen atoms in total. The Morgan fingerprint density at radius 3 is 2.53 bits per heavy atom. The summed E-state index contributed by atoms with van der Waals surface area (Å²) in [5.74, 6) is 1.75. The van der Waals surface area contributed by atoms with Crippen molar-refractivity contribution in [3.63, 3.8) is 0 Å². The van der Waals surface area contributed by atoms with Crippen molar-refractivity contribution in [1.82, 2.24) is 9.80 Å². The van der Waals surface area contributed by atoms with Crippen LogP contribution in [0.3, 0.4) is 0 Å². The monoisotopic (exact) mass is 266 g/mol. The van der Waals surface area contributed by atoms with Crippen molar-refractivity contribution in [3.05, 3.63) is 0 Å². The maximum absolute atomic E-state index is 2.73. The van der Waals surface area contributed by atoms with Crippen molar-refractivity contribution in [2.75, 3.05) is 26.7 Å². The van der Waals surface area contributed by atoms with Gasteiger partial charge >= 0.3 is 0 Å². The number of piperidine rings is 2. The van der Waals surface area contributed by atoms with Crippen LogP contribution in [0.5, 0.6) is 0 Å². The van der Waals surface area contributed by atoms with Gasteiger partial charge in [-0.05, 0) is 71.0 Å². The molecule has 3 unspecified atom stereocenters. The Morgan fingerprint density at radius 2 is 1.89 bits per heavy atom. The molecule has 0 saturated carbocycles. The minimum Gasteiger partial charge on any atom is -0.303 e. The van der Waals surface area contributed by atoms with Crippen molar-refractivity contribution in [2.45, 2.75) is 71.4 Å². The third kappa shape index (κ3) is 4.19. The molecule has 112 valence electrons. The minimum atomic E-state index is 0.813. The minimum absolute atomic E-state index is 0.813. The zero-order valence-corrected chi connectivity index (χ0v) is 13.6. The number of rotatable bonds is 4. The lowest BCUT2D eigenvalue weighted by Gasteiger charge is -2.41. The molecule has 0 bridgehead atoms. The SMILES string of the molecule is CC(C)C1CCC(CCN2CCCCC2C)CN1C. The van der Waals surface area contributed by atoms with Gasteiger partial charge in [-0.15, -0.1) is 0 Å². The van der Waals surface area contributed by atoms with Crippen molar-refractivity contribution in [1.29, 1.82) is 0 Å². The summed E-state index contributed by atoms with van der Waals surface area (Å²) in [7, 11) is 2.33. The number of hydrogen-bond acceptors (Lipinski definition) is 2. The standard InChI is InChI=1S/C17H34N2/c1-14(2)17-9-8-16(13-18(17)4)10-12-19-11-6-5-7-15(19)3/h14-17H,5-13H2,1-4H3. The van der Waals surface area contributed by atoms with Gasteiger partial charge in [-0.1, -0.05) is 20.3 Å². The molecule has 0 aliphatic carbocycles. The van der Waals surface area contributed by atoms with Crippen molar-refractivity contribution in [2.24, 2.45) is 11.8 Å². The lowest BCUT2D eigenvalue weighted by atomic mass is 9.86. The smallest absolute Gasteiger partial charge is 0.0115 e. The zero-order chi connectivity index (χ0) is 13.8. The molecule has 0 aromatic rings. The van der Waals surface area contributed by atoms with Gasteiger partial charge in [0.2, 0.25) is 0 Å². The van der Waals surface area contributed by atoms with Crippen LogP contribution in [0.15, 0.2) is 0 Å². The van der Waals surface area contributed by atoms with Crippen LogP contribution in [0, 0.1) is 11.8 Å². The predicted octanol–water partition coefficient (Wildman–Crippen LogP) is 3.62. The van der Waals surface area contributed by atoms with E-state index in [9.17, 15) is 0 Å². The molecule has 0 amide bonds. The maximum Gasteiger partial charge on any atom is 0.0115 e. The topological polar surface area (TPSA) is 6.48 Å². The van der Waals surface area contributed by atoms with Gasteiger partial charge in [0.05, 0.1) is 0 Å². The van der Waals surface area contributed by atoms with Gasteiger partial charge < -0.3 is 9.80 Å². The van der Waals surface area contributed by atoms with E-state index in [1.165, 1.54) is 58.2 Å². The Balaban J connectivity index is 1.72. The van der Waals surface area contributed by atoms with E-state index >= 15 is 0 Å². The van der Waals surface area contributed by atoms with Crippen molar-refractivity contribution < 1.29 is 0 Å². The zero-order valence-electron chi connectivity index (χ0n) is 13.6. The molecule has 0 N–H and O–H groups in total. The summed E-state index contributed by atoms with van der Waals surface area (Å²) < 4.78 is 0. The molecular weight excluding hydrogens is 232 g/mol. The van der Waals surface area contributed by atoms with Crippen LogP contribution >= 0.6 is 0 Å². The van der Waals surface area contributed by atoms with Crippen LogP contribution in [0.1, 0.15) is 59.3 Å². The molecule has 19 heavy (non-hydrogen) atoms. The highest BCUT2D eigenvalue weighted by molar-refractivity contribution is 4.82. The molecule has 2 heterocycles. The second-order valence-electron chi connectivity index (χ2n) is 7.36. The summed E-state index contributed by atoms with van der Waals surface area (Å²) >= 11 is 0. The molecule has 2 rings (SSSR count). The Bertz CT molecular complexity index is 264. The molecule has 3 atom stereocenters. The number of likely N-dealkylation sites (tertiary alicyclic amines) is 2. The highest BCUT2D eigenvalue weighted by atomic mass is 15.2. The molecule has 0 aromatic carbocycles. The number of nitrogens with zero attached hydrogens (tertiary/aromatic N) is 2. The van der Waals surface area contributed by atoms with E-state index < -0.39 is 0 Å². The molecular formula is C17H34N2. The van der Waals surface area contributed by atoms with E-state index in [2.05, 4.69) is 37.6 Å². The van der Waals surface area contributed by atoms with Crippen LogP contribution in [-0.2, 0) is 0 Å². The van der Waals surface area contributed by atoms with Crippen LogP contribution < -0.4 is 0 Å². The first-order valence-electron chi connectivity index (χ1n) is 8.52. The molecule has 0 radical (unpaired) electrons. The largest absolute Gasteiger partial charge is 0.303 e. The predicted molar refractivity (Wildman–Crippen MR) is 83.5 cm³/mol. The van der Waals surface area contributed by atoms with Crippen molar-refractivity contribution >= 4 is 0 Å². The van der Waals surface area contributed by atoms with Gasteiger partial charge in [0, 0.05) is 18.6 Å². The van der Waals surface area contributed by atoms with Gasteiger partial charge in [0.15, 0.2) is 0 Å². The molecule has 2 fully saturated rings. The second-order valence-corrected chi connectivity index (χ2v) is 7.36. The van der Waals surface area contributed by atoms with Gasteiger partial charge in [0.1, 0.15) is 0 Å². The van der Waals surface area contributed by atoms with Crippen LogP contribution in [0.4, 0.5) is 0 Å². The Kier molecular flexibility index (Phi) is 5.70. The molecule has 2 aliphatic heterocycles. The van der Waals surface area contributed by atoms with E-state index in [1.807, 2.05) is 0 Å². The summed E-state index contributed by atoms with van der Waals surface area (Å²) in [5.41, 5.74) is 0. The Labute approximate surface area is 120 Å². The first-order chi connectivity index (χ1) is 9.08. The normalized spacial score (nSPS) is 34.9. The lowest BCUT2D eigenvalue weighted by molar-refractivity contribution is 0.0859. The average Bonchev–Trinajstić information content (AvgIpc) is 2.37. The Morgan fingerprint density at radius 1 is 1.11 bits per heavy atom. The third-order valence-corrected chi connectivity index (χ3v) is 5.52. The fourth-order valence-electron chi connectivity index (χ4n) is 4.18. The molecule has 2 aliphatic rings. The highest BCUT2D eigenvalue weighted by Crippen LogP contribution is 2.28. The molecule has 0 aromatic heterocycles. The third-order valence-electron chi connectivity index (χ3n) is 5.52. The van der Waals surface area contributed by atoms with Gasteiger partial charge in [-0.2, -0.15) is 0 Å².